The van der Waals surface area contributed by atoms with Gasteiger partial charge in [-0.1, -0.05) is 31.2 Å². The number of aryl methyl sites for hydroxylation is 1. The molecule has 0 unspecified atom stereocenters. The van der Waals surface area contributed by atoms with Crippen LogP contribution in [0.3, 0.4) is 0 Å². The van der Waals surface area contributed by atoms with Crippen LogP contribution in [-0.2, 0) is 23.4 Å². The summed E-state index contributed by atoms with van der Waals surface area (Å²) in [6, 6.07) is 10.5. The SMILES string of the molecule is [C-]#[N+]c1c(N(C)CC2=NN=CC2)nc(SCc2ccc(CCC(C)=O)cc2)c(C#N)c1CC. The Balaban J connectivity index is 1.85. The molecule has 0 atom stereocenters. The van der Waals surface area contributed by atoms with Crippen LogP contribution in [0.2, 0.25) is 0 Å². The zero-order chi connectivity index (χ0) is 23.8. The summed E-state index contributed by atoms with van der Waals surface area (Å²) < 4.78 is 0. The zero-order valence-electron chi connectivity index (χ0n) is 19.1. The summed E-state index contributed by atoms with van der Waals surface area (Å²) in [6.07, 6.45) is 4.32. The van der Waals surface area contributed by atoms with E-state index in [9.17, 15) is 10.1 Å². The maximum absolute atomic E-state index is 11.2. The Labute approximate surface area is 199 Å². The molecule has 33 heavy (non-hydrogen) atoms. The van der Waals surface area contributed by atoms with E-state index in [0.717, 1.165) is 28.8 Å². The molecule has 0 amide bonds. The Hall–Kier alpha value is -3.49. The average molecular weight is 459 g/mol. The van der Waals surface area contributed by atoms with Crippen LogP contribution in [0.5, 0.6) is 0 Å². The summed E-state index contributed by atoms with van der Waals surface area (Å²) in [6.45, 7) is 11.8. The largest absolute Gasteiger partial charge is 0.363 e. The summed E-state index contributed by atoms with van der Waals surface area (Å²) >= 11 is 1.50. The van der Waals surface area contributed by atoms with Crippen molar-refractivity contribution in [3.8, 4) is 6.07 Å². The maximum Gasteiger partial charge on any atom is 0.232 e. The highest BCUT2D eigenvalue weighted by Gasteiger charge is 2.22. The smallest absolute Gasteiger partial charge is 0.232 e. The van der Waals surface area contributed by atoms with Crippen molar-refractivity contribution in [2.75, 3.05) is 18.5 Å². The van der Waals surface area contributed by atoms with Crippen molar-refractivity contribution in [3.05, 3.63) is 57.9 Å². The van der Waals surface area contributed by atoms with Crippen molar-refractivity contribution < 1.29 is 4.79 Å². The van der Waals surface area contributed by atoms with Gasteiger partial charge in [0.2, 0.25) is 5.69 Å². The first kappa shape index (κ1) is 24.2. The minimum atomic E-state index is 0.188. The monoisotopic (exact) mass is 458 g/mol. The molecular formula is C25H26N6OS. The number of hydrogen-bond donors (Lipinski definition) is 0. The summed E-state index contributed by atoms with van der Waals surface area (Å²) in [4.78, 5) is 21.6. The molecule has 0 saturated carbocycles. The normalized spacial score (nSPS) is 12.2. The molecule has 1 aliphatic rings. The van der Waals surface area contributed by atoms with E-state index in [0.29, 0.717) is 53.7 Å². The predicted molar refractivity (Wildman–Crippen MR) is 133 cm³/mol. The molecule has 2 aromatic rings. The van der Waals surface area contributed by atoms with Crippen LogP contribution < -0.4 is 4.90 Å². The van der Waals surface area contributed by atoms with Crippen molar-refractivity contribution in [1.29, 1.82) is 5.26 Å². The summed E-state index contributed by atoms with van der Waals surface area (Å²) in [7, 11) is 1.89. The van der Waals surface area contributed by atoms with Gasteiger partial charge in [0.15, 0.2) is 0 Å². The van der Waals surface area contributed by atoms with Gasteiger partial charge in [0.25, 0.3) is 0 Å². The van der Waals surface area contributed by atoms with Crippen molar-refractivity contribution >= 4 is 41.0 Å². The van der Waals surface area contributed by atoms with Crippen molar-refractivity contribution in [2.24, 2.45) is 10.2 Å². The highest BCUT2D eigenvalue weighted by atomic mass is 32.2. The van der Waals surface area contributed by atoms with Crippen LogP contribution in [0, 0.1) is 17.9 Å². The third-order valence-corrected chi connectivity index (χ3v) is 6.40. The van der Waals surface area contributed by atoms with Gasteiger partial charge in [0.05, 0.1) is 24.4 Å². The standard InChI is InChI=1S/C25H26N6OS/c1-5-21-22(14-26)25(33-16-19-10-8-18(9-11-19)7-6-17(2)32)29-24(23(21)27-3)31(4)15-20-12-13-28-30-20/h8-11,13H,5-7,12,15-16H2,1-2,4H3. The lowest BCUT2D eigenvalue weighted by Gasteiger charge is -2.22. The van der Waals surface area contributed by atoms with Crippen LogP contribution in [0.4, 0.5) is 11.5 Å². The number of carbonyl (C=O) groups excluding carboxylic acids is 1. The van der Waals surface area contributed by atoms with E-state index in [4.69, 9.17) is 11.6 Å². The Morgan fingerprint density at radius 3 is 2.61 bits per heavy atom. The van der Waals surface area contributed by atoms with Crippen LogP contribution >= 0.6 is 11.8 Å². The minimum Gasteiger partial charge on any atom is -0.363 e. The van der Waals surface area contributed by atoms with Crippen LogP contribution in [0.15, 0.2) is 39.5 Å². The molecule has 0 bridgehead atoms. The van der Waals surface area contributed by atoms with Gasteiger partial charge in [-0.25, -0.2) is 9.83 Å². The molecule has 8 heteroatoms. The zero-order valence-corrected chi connectivity index (χ0v) is 19.9. The highest BCUT2D eigenvalue weighted by Crippen LogP contribution is 2.38. The number of Topliss-reactive ketones (excluding diaryl/α,β-unsaturated/α-hetero) is 1. The van der Waals surface area contributed by atoms with E-state index >= 15 is 0 Å². The molecule has 7 nitrogen and oxygen atoms in total. The molecule has 1 aromatic heterocycles. The lowest BCUT2D eigenvalue weighted by Crippen LogP contribution is -2.26. The molecule has 0 N–H and O–H groups in total. The second-order valence-electron chi connectivity index (χ2n) is 7.85. The second-order valence-corrected chi connectivity index (χ2v) is 8.82. The molecule has 1 aromatic carbocycles. The second kappa shape index (κ2) is 11.4. The molecule has 0 radical (unpaired) electrons. The first-order chi connectivity index (χ1) is 16.0. The van der Waals surface area contributed by atoms with Crippen molar-refractivity contribution in [1.82, 2.24) is 4.98 Å². The number of thioether (sulfide) groups is 1. The van der Waals surface area contributed by atoms with Crippen molar-refractivity contribution in [3.63, 3.8) is 0 Å². The van der Waals surface area contributed by atoms with Gasteiger partial charge >= 0.3 is 0 Å². The average Bonchev–Trinajstić information content (AvgIpc) is 3.33. The lowest BCUT2D eigenvalue weighted by molar-refractivity contribution is -0.116. The molecule has 0 aliphatic carbocycles. The Morgan fingerprint density at radius 1 is 1.30 bits per heavy atom. The van der Waals surface area contributed by atoms with E-state index < -0.39 is 0 Å². The van der Waals surface area contributed by atoms with Gasteiger partial charge in [-0.2, -0.15) is 15.5 Å². The fourth-order valence-corrected chi connectivity index (χ4v) is 4.52. The van der Waals surface area contributed by atoms with Gasteiger partial charge in [0.1, 0.15) is 22.7 Å². The first-order valence-corrected chi connectivity index (χ1v) is 11.8. The van der Waals surface area contributed by atoms with E-state index in [1.54, 1.807) is 13.1 Å². The fraction of sp³-hybridized carbons (Fsp3) is 0.360. The minimum absolute atomic E-state index is 0.188. The van der Waals surface area contributed by atoms with E-state index in [1.807, 2.05) is 43.1 Å². The van der Waals surface area contributed by atoms with Gasteiger partial charge in [-0.3, -0.25) is 0 Å². The number of anilines is 1. The van der Waals surface area contributed by atoms with Gasteiger partial charge in [-0.15, -0.1) is 11.8 Å². The molecular weight excluding hydrogens is 432 g/mol. The number of nitrogens with zero attached hydrogens (tertiary/aromatic N) is 6. The van der Waals surface area contributed by atoms with E-state index in [-0.39, 0.29) is 5.78 Å². The predicted octanol–water partition coefficient (Wildman–Crippen LogP) is 5.15. The number of pyridine rings is 1. The summed E-state index contributed by atoms with van der Waals surface area (Å²) in [5.74, 6) is 1.41. The number of ketones is 1. The third-order valence-electron chi connectivity index (χ3n) is 5.35. The molecule has 2 heterocycles. The molecule has 0 spiro atoms. The van der Waals surface area contributed by atoms with Crippen molar-refractivity contribution in [2.45, 2.75) is 50.3 Å². The topological polar surface area (TPSA) is 86.1 Å². The quantitative estimate of drug-likeness (QED) is 0.363. The third kappa shape index (κ3) is 6.06. The van der Waals surface area contributed by atoms with E-state index in [1.165, 1.54) is 11.8 Å². The number of hydrogen-bond acceptors (Lipinski definition) is 7. The van der Waals surface area contributed by atoms with Crippen LogP contribution in [0.25, 0.3) is 4.85 Å². The van der Waals surface area contributed by atoms with Gasteiger partial charge < -0.3 is 9.69 Å². The fourth-order valence-electron chi connectivity index (χ4n) is 3.56. The first-order valence-electron chi connectivity index (χ1n) is 10.8. The Kier molecular flexibility index (Phi) is 8.34. The highest BCUT2D eigenvalue weighted by molar-refractivity contribution is 7.98. The van der Waals surface area contributed by atoms with Gasteiger partial charge in [-0.05, 0) is 36.5 Å². The number of nitriles is 1. The van der Waals surface area contributed by atoms with Crippen LogP contribution in [-0.4, -0.2) is 36.3 Å². The summed E-state index contributed by atoms with van der Waals surface area (Å²) in [5, 5.41) is 18.5. The molecule has 0 saturated heterocycles. The maximum atomic E-state index is 11.2. The molecule has 0 fully saturated rings. The number of carbonyl (C=O) groups is 1. The van der Waals surface area contributed by atoms with Crippen LogP contribution in [0.1, 0.15) is 48.9 Å². The molecule has 1 aliphatic heterocycles. The number of aromatic nitrogens is 1. The number of benzene rings is 1. The van der Waals surface area contributed by atoms with E-state index in [2.05, 4.69) is 21.1 Å². The Bertz CT molecular complexity index is 1170. The molecule has 168 valence electrons. The van der Waals surface area contributed by atoms with Gasteiger partial charge in [0, 0.05) is 31.9 Å². The number of rotatable bonds is 10. The summed E-state index contributed by atoms with van der Waals surface area (Å²) in [5.41, 5.74) is 4.79. The Morgan fingerprint density at radius 2 is 2.03 bits per heavy atom. The lowest BCUT2D eigenvalue weighted by atomic mass is 10.1. The molecule has 3 rings (SSSR count).